The van der Waals surface area contributed by atoms with Gasteiger partial charge < -0.3 is 20.1 Å². The maximum Gasteiger partial charge on any atom is 0.416 e. The first kappa shape index (κ1) is 29.6. The van der Waals surface area contributed by atoms with E-state index < -0.39 is 21.8 Å². The molecule has 0 aliphatic heterocycles. The minimum Gasteiger partial charge on any atom is -0.493 e. The van der Waals surface area contributed by atoms with Crippen LogP contribution in [0.1, 0.15) is 24.8 Å². The number of methoxy groups -OCH3 is 1. The third kappa shape index (κ3) is 7.83. The van der Waals surface area contributed by atoms with Crippen molar-refractivity contribution < 1.29 is 35.9 Å². The molecule has 1 amide bonds. The van der Waals surface area contributed by atoms with Gasteiger partial charge in [-0.05, 0) is 67.4 Å². The van der Waals surface area contributed by atoms with Gasteiger partial charge in [0.05, 0.1) is 29.7 Å². The first-order chi connectivity index (χ1) is 19.4. The number of sulfonamides is 1. The fourth-order valence-electron chi connectivity index (χ4n) is 3.84. The van der Waals surface area contributed by atoms with Crippen LogP contribution in [-0.4, -0.2) is 38.0 Å². The second-order valence-electron chi connectivity index (χ2n) is 8.87. The number of hydrogen-bond donors (Lipinski definition) is 3. The molecule has 0 atom stereocenters. The Hall–Kier alpha value is -4.43. The number of carbonyl (C=O) groups excluding carboxylic acids is 1. The van der Waals surface area contributed by atoms with Gasteiger partial charge in [0.1, 0.15) is 12.1 Å². The molecule has 4 aromatic rings. The number of nitrogens with two attached hydrogens (primary N) is 1. The number of aromatic nitrogens is 2. The highest BCUT2D eigenvalue weighted by atomic mass is 32.2. The maximum absolute atomic E-state index is 12.9. The number of nitrogens with one attached hydrogen (secondary N) is 2. The van der Waals surface area contributed by atoms with Crippen molar-refractivity contribution in [1.82, 2.24) is 9.97 Å². The fraction of sp³-hybridized carbons (Fsp3) is 0.222. The molecule has 0 fully saturated rings. The summed E-state index contributed by atoms with van der Waals surface area (Å²) < 4.78 is 72.7. The number of primary sulfonamides is 1. The van der Waals surface area contributed by atoms with Crippen molar-refractivity contribution >= 4 is 44.0 Å². The van der Waals surface area contributed by atoms with E-state index in [0.717, 1.165) is 12.1 Å². The van der Waals surface area contributed by atoms with Gasteiger partial charge in [-0.3, -0.25) is 4.79 Å². The fourth-order valence-corrected chi connectivity index (χ4v) is 4.35. The molecule has 4 rings (SSSR count). The first-order valence-electron chi connectivity index (χ1n) is 12.3. The summed E-state index contributed by atoms with van der Waals surface area (Å²) in [4.78, 5) is 20.7. The van der Waals surface area contributed by atoms with Crippen molar-refractivity contribution in [2.24, 2.45) is 5.14 Å². The van der Waals surface area contributed by atoms with Crippen LogP contribution >= 0.6 is 0 Å². The minimum atomic E-state index is -4.43. The van der Waals surface area contributed by atoms with Gasteiger partial charge in [-0.2, -0.15) is 13.2 Å². The molecule has 0 spiro atoms. The number of carbonyl (C=O) groups is 1. The van der Waals surface area contributed by atoms with Crippen LogP contribution < -0.4 is 25.2 Å². The molecule has 0 saturated heterocycles. The normalized spacial score (nSPS) is 11.7. The van der Waals surface area contributed by atoms with Crippen molar-refractivity contribution in [2.75, 3.05) is 24.4 Å². The number of alkyl halides is 3. The largest absolute Gasteiger partial charge is 0.493 e. The summed E-state index contributed by atoms with van der Waals surface area (Å²) >= 11 is 0. The Bertz CT molecular complexity index is 1630. The second-order valence-corrected chi connectivity index (χ2v) is 10.4. The van der Waals surface area contributed by atoms with Gasteiger partial charge in [-0.1, -0.05) is 0 Å². The van der Waals surface area contributed by atoms with E-state index in [2.05, 4.69) is 20.6 Å². The van der Waals surface area contributed by atoms with Crippen LogP contribution in [0.4, 0.5) is 30.4 Å². The van der Waals surface area contributed by atoms with Crippen LogP contribution in [0.5, 0.6) is 11.5 Å². The predicted molar refractivity (Wildman–Crippen MR) is 147 cm³/mol. The van der Waals surface area contributed by atoms with Crippen molar-refractivity contribution in [3.05, 3.63) is 72.6 Å². The molecule has 1 aromatic heterocycles. The third-order valence-electron chi connectivity index (χ3n) is 5.92. The van der Waals surface area contributed by atoms with E-state index in [0.29, 0.717) is 52.4 Å². The number of amides is 1. The van der Waals surface area contributed by atoms with Crippen LogP contribution in [0.2, 0.25) is 0 Å². The highest BCUT2D eigenvalue weighted by Crippen LogP contribution is 2.35. The van der Waals surface area contributed by atoms with Crippen LogP contribution in [0.25, 0.3) is 10.9 Å². The Balaban J connectivity index is 1.35. The van der Waals surface area contributed by atoms with E-state index in [9.17, 15) is 26.4 Å². The molecule has 14 heteroatoms. The molecule has 216 valence electrons. The van der Waals surface area contributed by atoms with Crippen molar-refractivity contribution in [3.8, 4) is 11.5 Å². The third-order valence-corrected chi connectivity index (χ3v) is 6.85. The van der Waals surface area contributed by atoms with Gasteiger partial charge in [0, 0.05) is 29.2 Å². The molecule has 0 radical (unpaired) electrons. The van der Waals surface area contributed by atoms with Gasteiger partial charge >= 0.3 is 6.18 Å². The number of hydrogen-bond acceptors (Lipinski definition) is 8. The maximum atomic E-state index is 12.9. The van der Waals surface area contributed by atoms with Crippen LogP contribution in [0, 0.1) is 0 Å². The first-order valence-corrected chi connectivity index (χ1v) is 13.8. The quantitative estimate of drug-likeness (QED) is 0.202. The van der Waals surface area contributed by atoms with Gasteiger partial charge in [-0.15, -0.1) is 0 Å². The van der Waals surface area contributed by atoms with E-state index in [-0.39, 0.29) is 23.8 Å². The van der Waals surface area contributed by atoms with Gasteiger partial charge in [0.15, 0.2) is 11.5 Å². The molecule has 0 bridgehead atoms. The lowest BCUT2D eigenvalue weighted by atomic mass is 10.1. The van der Waals surface area contributed by atoms with E-state index in [1.165, 1.54) is 49.8 Å². The zero-order chi connectivity index (χ0) is 29.6. The molecule has 3 aromatic carbocycles. The molecule has 0 unspecified atom stereocenters. The molecule has 0 aliphatic rings. The molecule has 0 saturated carbocycles. The monoisotopic (exact) mass is 589 g/mol. The number of ether oxygens (including phenoxy) is 2. The number of nitrogens with zero attached hydrogens (tertiary/aromatic N) is 2. The van der Waals surface area contributed by atoms with E-state index in [1.54, 1.807) is 12.1 Å². The lowest BCUT2D eigenvalue weighted by molar-refractivity contribution is -0.137. The number of fused-ring (bicyclic) bond motifs is 1. The molecule has 10 nitrogen and oxygen atoms in total. The minimum absolute atomic E-state index is 0.0502. The zero-order valence-electron chi connectivity index (χ0n) is 21.7. The summed E-state index contributed by atoms with van der Waals surface area (Å²) in [7, 11) is -2.33. The Labute approximate surface area is 233 Å². The summed E-state index contributed by atoms with van der Waals surface area (Å²) in [5, 5.41) is 11.3. The summed E-state index contributed by atoms with van der Waals surface area (Å²) in [6, 6.07) is 13.5. The van der Waals surface area contributed by atoms with Gasteiger partial charge in [-0.25, -0.2) is 23.5 Å². The van der Waals surface area contributed by atoms with E-state index in [4.69, 9.17) is 14.6 Å². The van der Waals surface area contributed by atoms with Gasteiger partial charge in [0.25, 0.3) is 0 Å². The van der Waals surface area contributed by atoms with Crippen LogP contribution in [0.3, 0.4) is 0 Å². The Morgan fingerprint density at radius 3 is 2.27 bits per heavy atom. The Morgan fingerprint density at radius 2 is 1.63 bits per heavy atom. The topological polar surface area (TPSA) is 146 Å². The standard InChI is InChI=1S/C27H26F3N5O5S/c1-39-23-15-22-21(26(33-16-32-22)35-19-7-5-17(6-8-19)27(28,29)30)14-24(23)40-13-3-2-4-25(36)34-18-9-11-20(12-10-18)41(31,37)38/h5-12,14-16H,2-4,13H2,1H3,(H,34,36)(H2,31,37,38)(H,32,33,35). The van der Waals surface area contributed by atoms with Gasteiger partial charge in [0.2, 0.25) is 15.9 Å². The molecule has 41 heavy (non-hydrogen) atoms. The second kappa shape index (κ2) is 12.4. The highest BCUT2D eigenvalue weighted by Gasteiger charge is 2.30. The number of halogens is 3. The van der Waals surface area contributed by atoms with Crippen LogP contribution in [0.15, 0.2) is 71.9 Å². The van der Waals surface area contributed by atoms with Crippen LogP contribution in [-0.2, 0) is 21.0 Å². The number of rotatable bonds is 11. The Morgan fingerprint density at radius 1 is 0.951 bits per heavy atom. The molecule has 0 aliphatic carbocycles. The summed E-state index contributed by atoms with van der Waals surface area (Å²) in [6.45, 7) is 0.271. The number of anilines is 3. The van der Waals surface area contributed by atoms with Crippen molar-refractivity contribution in [1.29, 1.82) is 0 Å². The van der Waals surface area contributed by atoms with E-state index >= 15 is 0 Å². The molecule has 4 N–H and O–H groups in total. The molecular formula is C27H26F3N5O5S. The van der Waals surface area contributed by atoms with Crippen molar-refractivity contribution in [3.63, 3.8) is 0 Å². The molecular weight excluding hydrogens is 563 g/mol. The predicted octanol–water partition coefficient (Wildman–Crippen LogP) is 5.24. The Kier molecular flexibility index (Phi) is 8.93. The lowest BCUT2D eigenvalue weighted by Crippen LogP contribution is -2.13. The van der Waals surface area contributed by atoms with Crippen molar-refractivity contribution in [2.45, 2.75) is 30.3 Å². The summed E-state index contributed by atoms with van der Waals surface area (Å²) in [5.74, 6) is 0.964. The highest BCUT2D eigenvalue weighted by molar-refractivity contribution is 7.89. The zero-order valence-corrected chi connectivity index (χ0v) is 22.6. The average molecular weight is 590 g/mol. The molecule has 1 heterocycles. The summed E-state index contributed by atoms with van der Waals surface area (Å²) in [6.07, 6.45) is -1.84. The average Bonchev–Trinajstić information content (AvgIpc) is 2.92. The smallest absolute Gasteiger partial charge is 0.416 e. The summed E-state index contributed by atoms with van der Waals surface area (Å²) in [5.41, 5.74) is 0.636. The lowest BCUT2D eigenvalue weighted by Gasteiger charge is -2.14. The SMILES string of the molecule is COc1cc2ncnc(Nc3ccc(C(F)(F)F)cc3)c2cc1OCCCCC(=O)Nc1ccc(S(N)(=O)=O)cc1. The van der Waals surface area contributed by atoms with E-state index in [1.807, 2.05) is 0 Å². The number of unbranched alkanes of at least 4 members (excludes halogenated alkanes) is 1. The number of benzene rings is 3.